The smallest absolute Gasteiger partial charge is 0.269 e. The van der Waals surface area contributed by atoms with Crippen LogP contribution >= 0.6 is 24.0 Å². The number of guanidine groups is 1. The van der Waals surface area contributed by atoms with Gasteiger partial charge in [0.25, 0.3) is 5.69 Å². The van der Waals surface area contributed by atoms with E-state index in [1.54, 1.807) is 12.1 Å². The molecule has 1 fully saturated rings. The second-order valence-corrected chi connectivity index (χ2v) is 7.20. The van der Waals surface area contributed by atoms with Crippen LogP contribution in [0.5, 0.6) is 0 Å². The molecule has 1 aromatic heterocycles. The Bertz CT molecular complexity index is 843. The summed E-state index contributed by atoms with van der Waals surface area (Å²) in [6.45, 7) is 8.09. The number of nitro benzene ring substituents is 1. The van der Waals surface area contributed by atoms with E-state index < -0.39 is 0 Å². The van der Waals surface area contributed by atoms with Crippen LogP contribution < -0.4 is 10.2 Å². The van der Waals surface area contributed by atoms with Gasteiger partial charge >= 0.3 is 0 Å². The van der Waals surface area contributed by atoms with Crippen LogP contribution in [0, 0.1) is 10.1 Å². The van der Waals surface area contributed by atoms with Crippen LogP contribution in [0.1, 0.15) is 18.9 Å². The molecule has 174 valence electrons. The fraction of sp³-hybridized carbons (Fsp3) is 0.455. The van der Waals surface area contributed by atoms with Gasteiger partial charge < -0.3 is 19.9 Å². The third-order valence-corrected chi connectivity index (χ3v) is 5.06. The number of non-ortho nitro benzene ring substituents is 1. The van der Waals surface area contributed by atoms with Crippen LogP contribution in [-0.2, 0) is 11.3 Å². The molecule has 0 radical (unpaired) electrons. The summed E-state index contributed by atoms with van der Waals surface area (Å²) in [5.41, 5.74) is 1.03. The zero-order chi connectivity index (χ0) is 21.9. The number of hydrogen-bond acceptors (Lipinski definition) is 6. The van der Waals surface area contributed by atoms with Gasteiger partial charge in [0.1, 0.15) is 5.82 Å². The van der Waals surface area contributed by atoms with Crippen LogP contribution in [0.25, 0.3) is 0 Å². The molecule has 1 aliphatic rings. The summed E-state index contributed by atoms with van der Waals surface area (Å²) >= 11 is 0. The van der Waals surface area contributed by atoms with Crippen molar-refractivity contribution in [1.29, 1.82) is 0 Å². The van der Waals surface area contributed by atoms with E-state index in [0.717, 1.165) is 63.1 Å². The molecule has 9 nitrogen and oxygen atoms in total. The lowest BCUT2D eigenvalue weighted by Gasteiger charge is -2.37. The van der Waals surface area contributed by atoms with Crippen molar-refractivity contribution in [3.05, 3.63) is 64.3 Å². The quantitative estimate of drug-likeness (QED) is 0.127. The lowest BCUT2D eigenvalue weighted by atomic mass is 10.2. The lowest BCUT2D eigenvalue weighted by Crippen LogP contribution is -2.53. The van der Waals surface area contributed by atoms with Gasteiger partial charge in [0.05, 0.1) is 11.5 Å². The van der Waals surface area contributed by atoms with Crippen molar-refractivity contribution >= 4 is 41.4 Å². The SMILES string of the molecule is CCOCCCNC(=NCc1ccc([N+](=O)[O-])cc1)N1CCN(c2ccccn2)CC1.I. The predicted octanol–water partition coefficient (Wildman–Crippen LogP) is 3.30. The van der Waals surface area contributed by atoms with E-state index in [-0.39, 0.29) is 34.6 Å². The Morgan fingerprint density at radius 1 is 1.19 bits per heavy atom. The van der Waals surface area contributed by atoms with Gasteiger partial charge in [-0.25, -0.2) is 9.98 Å². The summed E-state index contributed by atoms with van der Waals surface area (Å²) in [5, 5.41) is 14.3. The molecule has 10 heteroatoms. The van der Waals surface area contributed by atoms with E-state index >= 15 is 0 Å². The topological polar surface area (TPSA) is 96.1 Å². The number of anilines is 1. The number of nitrogens with one attached hydrogen (secondary N) is 1. The number of ether oxygens (including phenoxy) is 1. The molecule has 32 heavy (non-hydrogen) atoms. The van der Waals surface area contributed by atoms with Gasteiger partial charge in [-0.1, -0.05) is 18.2 Å². The Labute approximate surface area is 206 Å². The summed E-state index contributed by atoms with van der Waals surface area (Å²) in [5.74, 6) is 1.85. The Balaban J connectivity index is 0.00000363. The predicted molar refractivity (Wildman–Crippen MR) is 137 cm³/mol. The largest absolute Gasteiger partial charge is 0.382 e. The van der Waals surface area contributed by atoms with E-state index in [1.165, 1.54) is 12.1 Å². The zero-order valence-corrected chi connectivity index (χ0v) is 20.7. The maximum Gasteiger partial charge on any atom is 0.269 e. The summed E-state index contributed by atoms with van der Waals surface area (Å²) in [6, 6.07) is 12.5. The van der Waals surface area contributed by atoms with Crippen molar-refractivity contribution in [3.8, 4) is 0 Å². The van der Waals surface area contributed by atoms with Gasteiger partial charge in [-0.3, -0.25) is 10.1 Å². The van der Waals surface area contributed by atoms with Crippen LogP contribution in [0.3, 0.4) is 0 Å². The minimum Gasteiger partial charge on any atom is -0.382 e. The van der Waals surface area contributed by atoms with Gasteiger partial charge in [-0.15, -0.1) is 24.0 Å². The maximum atomic E-state index is 10.8. The van der Waals surface area contributed by atoms with Crippen molar-refractivity contribution < 1.29 is 9.66 Å². The first-order chi connectivity index (χ1) is 15.2. The zero-order valence-electron chi connectivity index (χ0n) is 18.4. The number of piperazine rings is 1. The molecule has 0 unspecified atom stereocenters. The second kappa shape index (κ2) is 13.8. The van der Waals surface area contributed by atoms with Crippen LogP contribution in [0.2, 0.25) is 0 Å². The molecule has 0 bridgehead atoms. The van der Waals surface area contributed by atoms with E-state index in [2.05, 4.69) is 20.1 Å². The molecule has 1 aromatic carbocycles. The van der Waals surface area contributed by atoms with Gasteiger partial charge in [-0.2, -0.15) is 0 Å². The summed E-state index contributed by atoms with van der Waals surface area (Å²) in [7, 11) is 0. The summed E-state index contributed by atoms with van der Waals surface area (Å²) < 4.78 is 5.42. The third-order valence-electron chi connectivity index (χ3n) is 5.06. The number of nitro groups is 1. The van der Waals surface area contributed by atoms with Crippen molar-refractivity contribution in [2.45, 2.75) is 19.9 Å². The minimum atomic E-state index is -0.389. The highest BCUT2D eigenvalue weighted by Gasteiger charge is 2.20. The third kappa shape index (κ3) is 7.90. The van der Waals surface area contributed by atoms with Crippen molar-refractivity contribution in [3.63, 3.8) is 0 Å². The van der Waals surface area contributed by atoms with Gasteiger partial charge in [-0.05, 0) is 31.0 Å². The average molecular weight is 554 g/mol. The Morgan fingerprint density at radius 3 is 2.56 bits per heavy atom. The van der Waals surface area contributed by atoms with Crippen LogP contribution in [-0.4, -0.2) is 66.7 Å². The number of aliphatic imine (C=N–C) groups is 1. The summed E-state index contributed by atoms with van der Waals surface area (Å²) in [4.78, 5) is 24.2. The first kappa shape index (κ1) is 25.8. The number of nitrogens with zero attached hydrogens (tertiary/aromatic N) is 5. The van der Waals surface area contributed by atoms with E-state index in [1.807, 2.05) is 31.3 Å². The molecular weight excluding hydrogens is 523 g/mol. The molecule has 1 aliphatic heterocycles. The van der Waals surface area contributed by atoms with Crippen molar-refractivity contribution in [2.24, 2.45) is 4.99 Å². The fourth-order valence-electron chi connectivity index (χ4n) is 3.36. The molecule has 0 saturated carbocycles. The highest BCUT2D eigenvalue weighted by atomic mass is 127. The number of aromatic nitrogens is 1. The highest BCUT2D eigenvalue weighted by Crippen LogP contribution is 2.14. The number of pyridine rings is 1. The minimum absolute atomic E-state index is 0. The van der Waals surface area contributed by atoms with Gasteiger partial charge in [0.2, 0.25) is 0 Å². The lowest BCUT2D eigenvalue weighted by molar-refractivity contribution is -0.384. The molecule has 0 amide bonds. The molecule has 1 saturated heterocycles. The van der Waals surface area contributed by atoms with Crippen molar-refractivity contribution in [1.82, 2.24) is 15.2 Å². The first-order valence-corrected chi connectivity index (χ1v) is 10.7. The van der Waals surface area contributed by atoms with Crippen LogP contribution in [0.15, 0.2) is 53.7 Å². The van der Waals surface area contributed by atoms with Crippen molar-refractivity contribution in [2.75, 3.05) is 50.8 Å². The summed E-state index contributed by atoms with van der Waals surface area (Å²) in [6.07, 6.45) is 2.72. The first-order valence-electron chi connectivity index (χ1n) is 10.7. The van der Waals surface area contributed by atoms with Gasteiger partial charge in [0, 0.05) is 64.3 Å². The van der Waals surface area contributed by atoms with E-state index in [4.69, 9.17) is 9.73 Å². The Kier molecular flexibility index (Phi) is 11.2. The fourth-order valence-corrected chi connectivity index (χ4v) is 3.36. The molecule has 2 heterocycles. The molecule has 0 atom stereocenters. The Morgan fingerprint density at radius 2 is 1.94 bits per heavy atom. The Hall–Kier alpha value is -2.47. The molecule has 3 rings (SSSR count). The number of halogens is 1. The highest BCUT2D eigenvalue weighted by molar-refractivity contribution is 14.0. The average Bonchev–Trinajstić information content (AvgIpc) is 2.82. The normalized spacial score (nSPS) is 14.1. The number of benzene rings is 1. The molecule has 2 aromatic rings. The molecule has 0 spiro atoms. The van der Waals surface area contributed by atoms with Crippen LogP contribution in [0.4, 0.5) is 11.5 Å². The standard InChI is InChI=1S/C22H30N6O3.HI/c1-2-31-17-5-12-24-22(25-18-19-7-9-20(10-8-19)28(29)30)27-15-13-26(14-16-27)21-6-3-4-11-23-21;/h3-4,6-11H,2,5,12-18H2,1H3,(H,24,25);1H. The number of rotatable bonds is 9. The second-order valence-electron chi connectivity index (χ2n) is 7.20. The molecular formula is C22H31IN6O3. The number of hydrogen-bond donors (Lipinski definition) is 1. The monoisotopic (exact) mass is 554 g/mol. The van der Waals surface area contributed by atoms with E-state index in [9.17, 15) is 10.1 Å². The maximum absolute atomic E-state index is 10.8. The molecule has 0 aliphatic carbocycles. The van der Waals surface area contributed by atoms with E-state index in [0.29, 0.717) is 13.2 Å². The van der Waals surface area contributed by atoms with Gasteiger partial charge in [0.15, 0.2) is 5.96 Å². The molecule has 1 N–H and O–H groups in total.